The van der Waals surface area contributed by atoms with Gasteiger partial charge in [-0.3, -0.25) is 38.3 Å². The average molecular weight is 939 g/mol. The third kappa shape index (κ3) is 10.1. The van der Waals surface area contributed by atoms with Crippen molar-refractivity contribution in [2.24, 2.45) is 23.7 Å². The summed E-state index contributed by atoms with van der Waals surface area (Å²) in [5, 5.41) is 6.90. The molecule has 20 heteroatoms. The van der Waals surface area contributed by atoms with Gasteiger partial charge in [-0.2, -0.15) is 0 Å². The number of sulfonamides is 1. The molecule has 0 bridgehead atoms. The number of nitrogens with one attached hydrogen (secondary N) is 3. The van der Waals surface area contributed by atoms with Crippen LogP contribution < -0.4 is 20.1 Å². The van der Waals surface area contributed by atoms with Crippen molar-refractivity contribution in [3.63, 3.8) is 0 Å². The summed E-state index contributed by atoms with van der Waals surface area (Å²) in [5.74, 6) is -7.24. The Balaban J connectivity index is 1.04. The summed E-state index contributed by atoms with van der Waals surface area (Å²) in [5.41, 5.74) is -1.58. The van der Waals surface area contributed by atoms with Gasteiger partial charge in [0.15, 0.2) is 16.6 Å². The number of fused-ring (bicyclic) bond motifs is 4. The molecule has 3 aliphatic carbocycles. The quantitative estimate of drug-likeness (QED) is 0.166. The average Bonchev–Trinajstić information content (AvgIpc) is 3.95. The molecular weight excluding hydrogens is 884 g/mol. The minimum atomic E-state index is -3.97. The predicted octanol–water partition coefficient (Wildman–Crippen LogP) is 3.78. The van der Waals surface area contributed by atoms with Crippen LogP contribution in [0, 0.1) is 29.5 Å². The molecule has 65 heavy (non-hydrogen) atoms. The number of ether oxygens (including phenoxy) is 2. The van der Waals surface area contributed by atoms with E-state index in [1.54, 1.807) is 10.3 Å². The smallest absolute Gasteiger partial charge is 0.308 e. The van der Waals surface area contributed by atoms with Crippen LogP contribution in [-0.2, 0) is 43.5 Å². The Hall–Kier alpha value is -5.24. The van der Waals surface area contributed by atoms with Crippen LogP contribution in [0.4, 0.5) is 4.39 Å². The van der Waals surface area contributed by atoms with Gasteiger partial charge >= 0.3 is 11.9 Å². The normalized spacial score (nSPS) is 28.1. The summed E-state index contributed by atoms with van der Waals surface area (Å²) in [6.07, 6.45) is 10.7. The van der Waals surface area contributed by atoms with Gasteiger partial charge in [-0.05, 0) is 69.6 Å². The van der Waals surface area contributed by atoms with Crippen LogP contribution in [0.3, 0.4) is 0 Å². The number of hydrogen-bond donors (Lipinski definition) is 3. The van der Waals surface area contributed by atoms with E-state index in [-0.39, 0.29) is 61.7 Å². The zero-order valence-electron chi connectivity index (χ0n) is 36.5. The van der Waals surface area contributed by atoms with Gasteiger partial charge in [-0.25, -0.2) is 17.8 Å². The number of carbonyl (C=O) groups is 7. The highest BCUT2D eigenvalue weighted by Crippen LogP contribution is 2.47. The van der Waals surface area contributed by atoms with Gasteiger partial charge in [0.25, 0.3) is 11.8 Å². The highest BCUT2D eigenvalue weighted by atomic mass is 32.2. The Morgan fingerprint density at radius 1 is 1.00 bits per heavy atom. The number of likely N-dealkylation sites (tertiary alicyclic amines) is 1. The van der Waals surface area contributed by atoms with E-state index in [2.05, 4.69) is 20.3 Å². The molecule has 5 amide bonds. The summed E-state index contributed by atoms with van der Waals surface area (Å²) in [6.45, 7) is 2.82. The Morgan fingerprint density at radius 3 is 2.48 bits per heavy atom. The number of esters is 2. The van der Waals surface area contributed by atoms with Gasteiger partial charge in [0.1, 0.15) is 18.2 Å². The Kier molecular flexibility index (Phi) is 13.2. The second-order valence-electron chi connectivity index (χ2n) is 18.6. The number of allylic oxidation sites excluding steroid dienone is 1. The lowest BCUT2D eigenvalue weighted by Gasteiger charge is -2.33. The Labute approximate surface area is 380 Å². The molecule has 1 aromatic carbocycles. The fraction of sp³-hybridized carbons (Fsp3) is 0.600. The molecule has 6 aliphatic rings. The van der Waals surface area contributed by atoms with Gasteiger partial charge in [0.05, 0.1) is 22.9 Å². The molecule has 17 nitrogen and oxygen atoms in total. The number of rotatable bonds is 11. The number of nitrogens with zero attached hydrogens (tertiary/aromatic N) is 3. The van der Waals surface area contributed by atoms with E-state index in [9.17, 15) is 46.4 Å². The van der Waals surface area contributed by atoms with Crippen LogP contribution in [0.1, 0.15) is 107 Å². The molecular formula is C45H55FN6O11S2. The van der Waals surface area contributed by atoms with Crippen LogP contribution in [-0.4, -0.2) is 113 Å². The SMILES string of the molecule is CC(=O)NC1(COC(=O)C[C@H]2CCCCC/C=C\[C@@H]3C[C@@]3(C(=O)NS(=O)(=O)C3CC3)NC(=O)[C@@H]3[C@H]4CN(C(=O)c5nc(-c6ccc(OC(C)=O)c(F)c6)cs5)C[C@H]4CN3C2=O)CCCC1. The maximum atomic E-state index is 14.9. The van der Waals surface area contributed by atoms with E-state index in [4.69, 9.17) is 9.47 Å². The summed E-state index contributed by atoms with van der Waals surface area (Å²) in [4.78, 5) is 102. The van der Waals surface area contributed by atoms with E-state index < -0.39 is 91.5 Å². The number of amides is 5. The number of halogens is 1. The van der Waals surface area contributed by atoms with E-state index in [0.717, 1.165) is 50.0 Å². The zero-order valence-corrected chi connectivity index (χ0v) is 38.1. The molecule has 3 aliphatic heterocycles. The van der Waals surface area contributed by atoms with Gasteiger partial charge in [-0.15, -0.1) is 11.3 Å². The third-order valence-electron chi connectivity index (χ3n) is 13.7. The van der Waals surface area contributed by atoms with Gasteiger partial charge < -0.3 is 29.9 Å². The molecule has 350 valence electrons. The Morgan fingerprint density at radius 2 is 1.77 bits per heavy atom. The first-order chi connectivity index (χ1) is 31.0. The fourth-order valence-corrected chi connectivity index (χ4v) is 12.3. The summed E-state index contributed by atoms with van der Waals surface area (Å²) in [6, 6.07) is 2.79. The second-order valence-corrected chi connectivity index (χ2v) is 21.4. The molecule has 4 heterocycles. The van der Waals surface area contributed by atoms with Crippen molar-refractivity contribution in [1.82, 2.24) is 30.1 Å². The van der Waals surface area contributed by atoms with Crippen molar-refractivity contribution in [3.05, 3.63) is 46.6 Å². The monoisotopic (exact) mass is 938 g/mol. The minimum Gasteiger partial charge on any atom is -0.463 e. The molecule has 3 N–H and O–H groups in total. The van der Waals surface area contributed by atoms with E-state index >= 15 is 0 Å². The topological polar surface area (TPSA) is 228 Å². The predicted molar refractivity (Wildman–Crippen MR) is 233 cm³/mol. The standard InChI is InChI=1S/C45H55FN6O11S2/c1-26(53)48-44(16-8-9-17-44)25-62-37(55)19-29-10-6-4-3-5-7-11-31-20-45(31,43(59)50-65(60,61)32-13-14-32)49-39(56)38-33-23-51(21-30(33)22-52(38)41(29)57)42(58)40-47-35(24-64-40)28-12-15-36(34(46)18-28)63-27(2)54/h7,11-12,15,18,24,29-33,38H,3-6,8-10,13-14,16-17,19-23,25H2,1-2H3,(H,48,53)(H,49,56)(H,50,59)/b11-7-/t29-,30+,31-,33+,38+,45-/m1/s1. The maximum Gasteiger partial charge on any atom is 0.308 e. The largest absolute Gasteiger partial charge is 0.463 e. The number of aromatic nitrogens is 1. The van der Waals surface area contributed by atoms with Crippen LogP contribution in [0.5, 0.6) is 5.75 Å². The second kappa shape index (κ2) is 18.6. The third-order valence-corrected chi connectivity index (χ3v) is 16.4. The Bertz CT molecular complexity index is 2400. The first-order valence-electron chi connectivity index (χ1n) is 22.5. The molecule has 0 radical (unpaired) electrons. The lowest BCUT2D eigenvalue weighted by atomic mass is 9.92. The molecule has 8 rings (SSSR count). The van der Waals surface area contributed by atoms with Gasteiger partial charge in [-0.1, -0.05) is 37.8 Å². The van der Waals surface area contributed by atoms with Crippen LogP contribution in [0.2, 0.25) is 0 Å². The fourth-order valence-electron chi connectivity index (χ4n) is 10.1. The van der Waals surface area contributed by atoms with Crippen LogP contribution in [0.25, 0.3) is 11.3 Å². The van der Waals surface area contributed by atoms with E-state index in [1.807, 2.05) is 12.2 Å². The van der Waals surface area contributed by atoms with Crippen LogP contribution >= 0.6 is 11.3 Å². The highest BCUT2D eigenvalue weighted by Gasteiger charge is 2.63. The molecule has 5 fully saturated rings. The molecule has 2 saturated heterocycles. The first-order valence-corrected chi connectivity index (χ1v) is 24.9. The number of hydrogen-bond acceptors (Lipinski definition) is 13. The number of thiazole rings is 1. The summed E-state index contributed by atoms with van der Waals surface area (Å²) >= 11 is 1.05. The lowest BCUT2D eigenvalue weighted by Crippen LogP contribution is -2.58. The summed E-state index contributed by atoms with van der Waals surface area (Å²) in [7, 11) is -3.97. The van der Waals surface area contributed by atoms with Crippen molar-refractivity contribution >= 4 is 62.8 Å². The van der Waals surface area contributed by atoms with Gasteiger partial charge in [0, 0.05) is 68.1 Å². The molecule has 0 unspecified atom stereocenters. The van der Waals surface area contributed by atoms with Crippen molar-refractivity contribution in [1.29, 1.82) is 0 Å². The molecule has 0 spiro atoms. The first kappa shape index (κ1) is 46.3. The van der Waals surface area contributed by atoms with E-state index in [0.29, 0.717) is 56.2 Å². The van der Waals surface area contributed by atoms with Crippen molar-refractivity contribution in [3.8, 4) is 17.0 Å². The van der Waals surface area contributed by atoms with Crippen molar-refractivity contribution in [2.75, 3.05) is 26.2 Å². The van der Waals surface area contributed by atoms with Crippen LogP contribution in [0.15, 0.2) is 35.7 Å². The maximum absolute atomic E-state index is 14.9. The lowest BCUT2D eigenvalue weighted by molar-refractivity contribution is -0.152. The summed E-state index contributed by atoms with van der Waals surface area (Å²) < 4.78 is 53.6. The molecule has 6 atom stereocenters. The van der Waals surface area contributed by atoms with Crippen molar-refractivity contribution < 1.29 is 55.8 Å². The molecule has 1 aromatic heterocycles. The van der Waals surface area contributed by atoms with E-state index in [1.165, 1.54) is 24.0 Å². The van der Waals surface area contributed by atoms with Crippen molar-refractivity contribution in [2.45, 2.75) is 120 Å². The molecule has 2 aromatic rings. The number of carbonyl (C=O) groups excluding carboxylic acids is 7. The minimum absolute atomic E-state index is 0.0248. The molecule has 3 saturated carbocycles. The zero-order chi connectivity index (χ0) is 46.3. The number of benzene rings is 1. The van der Waals surface area contributed by atoms with Gasteiger partial charge in [0.2, 0.25) is 27.7 Å². The highest BCUT2D eigenvalue weighted by molar-refractivity contribution is 7.91.